The normalized spacial score (nSPS) is 17.0. The smallest absolute Gasteiger partial charge is 0.251 e. The van der Waals surface area contributed by atoms with Crippen molar-refractivity contribution in [1.82, 2.24) is 10.6 Å². The maximum Gasteiger partial charge on any atom is 0.251 e. The van der Waals surface area contributed by atoms with Crippen LogP contribution in [0.2, 0.25) is 0 Å². The first kappa shape index (κ1) is 17.5. The van der Waals surface area contributed by atoms with E-state index in [2.05, 4.69) is 16.0 Å². The molecule has 0 aliphatic carbocycles. The molecule has 0 bridgehead atoms. The summed E-state index contributed by atoms with van der Waals surface area (Å²) in [7, 11) is 0. The summed E-state index contributed by atoms with van der Waals surface area (Å²) >= 11 is 0. The minimum atomic E-state index is -0.0894. The molecule has 0 spiro atoms. The van der Waals surface area contributed by atoms with E-state index in [0.717, 1.165) is 30.8 Å². The van der Waals surface area contributed by atoms with Crippen LogP contribution in [0.15, 0.2) is 18.2 Å². The molecule has 1 atom stereocenters. The number of amides is 2. The first-order valence-corrected chi connectivity index (χ1v) is 7.02. The van der Waals surface area contributed by atoms with Crippen molar-refractivity contribution in [2.24, 2.45) is 5.92 Å². The Morgan fingerprint density at radius 1 is 1.38 bits per heavy atom. The summed E-state index contributed by atoms with van der Waals surface area (Å²) in [4.78, 5) is 23.8. The monoisotopic (exact) mass is 311 g/mol. The number of carbonyl (C=O) groups is 2. The summed E-state index contributed by atoms with van der Waals surface area (Å²) in [6.07, 6.45) is 0.877. The minimum Gasteiger partial charge on any atom is -0.352 e. The van der Waals surface area contributed by atoms with Crippen LogP contribution in [-0.4, -0.2) is 31.4 Å². The predicted molar refractivity (Wildman–Crippen MR) is 86.0 cm³/mol. The number of anilines is 1. The molecule has 1 aromatic rings. The molecule has 2 amide bonds. The lowest BCUT2D eigenvalue weighted by molar-refractivity contribution is -0.119. The first-order valence-electron chi connectivity index (χ1n) is 7.02. The average molecular weight is 312 g/mol. The van der Waals surface area contributed by atoms with E-state index in [1.807, 2.05) is 13.8 Å². The minimum absolute atomic E-state index is 0. The van der Waals surface area contributed by atoms with Gasteiger partial charge in [0.1, 0.15) is 0 Å². The Bertz CT molecular complexity index is 514. The zero-order valence-corrected chi connectivity index (χ0v) is 13.2. The molecular weight excluding hydrogens is 290 g/mol. The van der Waals surface area contributed by atoms with Gasteiger partial charge in [0.15, 0.2) is 0 Å². The highest BCUT2D eigenvalue weighted by Crippen LogP contribution is 2.19. The average Bonchev–Trinajstić information content (AvgIpc) is 2.95. The van der Waals surface area contributed by atoms with Gasteiger partial charge < -0.3 is 16.0 Å². The topological polar surface area (TPSA) is 70.2 Å². The van der Waals surface area contributed by atoms with Crippen LogP contribution in [0.25, 0.3) is 0 Å². The Morgan fingerprint density at radius 2 is 2.14 bits per heavy atom. The lowest BCUT2D eigenvalue weighted by atomic mass is 10.1. The van der Waals surface area contributed by atoms with E-state index in [1.165, 1.54) is 0 Å². The number of halogens is 1. The van der Waals surface area contributed by atoms with E-state index in [1.54, 1.807) is 18.2 Å². The highest BCUT2D eigenvalue weighted by atomic mass is 35.5. The molecule has 0 aromatic heterocycles. The van der Waals surface area contributed by atoms with Gasteiger partial charge in [-0.3, -0.25) is 9.59 Å². The van der Waals surface area contributed by atoms with E-state index < -0.39 is 0 Å². The predicted octanol–water partition coefficient (Wildman–Crippen LogP) is 1.71. The van der Waals surface area contributed by atoms with Gasteiger partial charge in [-0.25, -0.2) is 0 Å². The number of benzene rings is 1. The van der Waals surface area contributed by atoms with Crippen molar-refractivity contribution in [1.29, 1.82) is 0 Å². The molecule has 0 radical (unpaired) electrons. The van der Waals surface area contributed by atoms with Crippen molar-refractivity contribution >= 4 is 29.9 Å². The lowest BCUT2D eigenvalue weighted by Crippen LogP contribution is -2.25. The molecule has 1 unspecified atom stereocenters. The molecule has 3 N–H and O–H groups in total. The molecule has 0 saturated carbocycles. The third-order valence-electron chi connectivity index (χ3n) is 3.51. The quantitative estimate of drug-likeness (QED) is 0.793. The van der Waals surface area contributed by atoms with E-state index in [-0.39, 0.29) is 30.1 Å². The molecule has 2 rings (SSSR count). The summed E-state index contributed by atoms with van der Waals surface area (Å²) in [5, 5.41) is 8.88. The molecule has 116 valence electrons. The number of hydrogen-bond donors (Lipinski definition) is 3. The van der Waals surface area contributed by atoms with E-state index in [4.69, 9.17) is 0 Å². The summed E-state index contributed by atoms with van der Waals surface area (Å²) in [5.74, 6) is -0.00482. The molecule has 21 heavy (non-hydrogen) atoms. The summed E-state index contributed by atoms with van der Waals surface area (Å²) < 4.78 is 0. The van der Waals surface area contributed by atoms with Crippen molar-refractivity contribution in [2.75, 3.05) is 25.0 Å². The summed E-state index contributed by atoms with van der Waals surface area (Å²) in [6, 6.07) is 5.33. The highest BCUT2D eigenvalue weighted by Gasteiger charge is 2.22. The Morgan fingerprint density at radius 3 is 2.71 bits per heavy atom. The van der Waals surface area contributed by atoms with Gasteiger partial charge in [0, 0.05) is 24.3 Å². The molecule has 1 aromatic carbocycles. The Balaban J connectivity index is 0.00000220. The SMILES string of the molecule is CCNC(=O)c1ccc(NC(=O)C2CCNC2)c(C)c1.Cl. The summed E-state index contributed by atoms with van der Waals surface area (Å²) in [6.45, 7) is 6.01. The Hall–Kier alpha value is -1.59. The van der Waals surface area contributed by atoms with E-state index >= 15 is 0 Å². The molecule has 1 heterocycles. The first-order chi connectivity index (χ1) is 9.61. The molecule has 5 nitrogen and oxygen atoms in total. The van der Waals surface area contributed by atoms with E-state index in [9.17, 15) is 9.59 Å². The molecule has 6 heteroatoms. The van der Waals surface area contributed by atoms with Crippen LogP contribution in [0.1, 0.15) is 29.3 Å². The van der Waals surface area contributed by atoms with Crippen LogP contribution in [0, 0.1) is 12.8 Å². The van der Waals surface area contributed by atoms with Gasteiger partial charge in [0.25, 0.3) is 5.91 Å². The number of hydrogen-bond acceptors (Lipinski definition) is 3. The lowest BCUT2D eigenvalue weighted by Gasteiger charge is -2.13. The van der Waals surface area contributed by atoms with Gasteiger partial charge in [-0.15, -0.1) is 12.4 Å². The molecule has 1 fully saturated rings. The Labute approximate surface area is 131 Å². The zero-order chi connectivity index (χ0) is 14.5. The van der Waals surface area contributed by atoms with Gasteiger partial charge in [-0.1, -0.05) is 0 Å². The van der Waals surface area contributed by atoms with Crippen LogP contribution in [0.3, 0.4) is 0 Å². The van der Waals surface area contributed by atoms with Gasteiger partial charge in [-0.2, -0.15) is 0 Å². The standard InChI is InChI=1S/C15H21N3O2.ClH/c1-3-17-14(19)11-4-5-13(10(2)8-11)18-15(20)12-6-7-16-9-12;/h4-5,8,12,16H,3,6-7,9H2,1-2H3,(H,17,19)(H,18,20);1H. The van der Waals surface area contributed by atoms with Crippen molar-refractivity contribution in [2.45, 2.75) is 20.3 Å². The fourth-order valence-electron chi connectivity index (χ4n) is 2.32. The molecule has 1 aliphatic rings. The fraction of sp³-hybridized carbons (Fsp3) is 0.467. The fourth-order valence-corrected chi connectivity index (χ4v) is 2.32. The number of carbonyl (C=O) groups excluding carboxylic acids is 2. The van der Waals surface area contributed by atoms with Crippen LogP contribution < -0.4 is 16.0 Å². The van der Waals surface area contributed by atoms with Crippen LogP contribution in [-0.2, 0) is 4.79 Å². The van der Waals surface area contributed by atoms with Gasteiger partial charge in [0.2, 0.25) is 5.91 Å². The van der Waals surface area contributed by atoms with E-state index in [0.29, 0.717) is 12.1 Å². The van der Waals surface area contributed by atoms with Crippen LogP contribution >= 0.6 is 12.4 Å². The van der Waals surface area contributed by atoms with Crippen molar-refractivity contribution in [3.05, 3.63) is 29.3 Å². The molecule has 1 saturated heterocycles. The second-order valence-electron chi connectivity index (χ2n) is 5.07. The zero-order valence-electron chi connectivity index (χ0n) is 12.4. The van der Waals surface area contributed by atoms with Crippen LogP contribution in [0.4, 0.5) is 5.69 Å². The maximum atomic E-state index is 12.1. The van der Waals surface area contributed by atoms with Gasteiger partial charge in [0.05, 0.1) is 5.92 Å². The third-order valence-corrected chi connectivity index (χ3v) is 3.51. The summed E-state index contributed by atoms with van der Waals surface area (Å²) in [5.41, 5.74) is 2.29. The second kappa shape index (κ2) is 8.00. The Kier molecular flexibility index (Phi) is 6.65. The third kappa shape index (κ3) is 4.44. The largest absolute Gasteiger partial charge is 0.352 e. The van der Waals surface area contributed by atoms with Crippen molar-refractivity contribution in [3.63, 3.8) is 0 Å². The number of nitrogens with one attached hydrogen (secondary N) is 3. The van der Waals surface area contributed by atoms with Gasteiger partial charge >= 0.3 is 0 Å². The molecule has 1 aliphatic heterocycles. The number of aryl methyl sites for hydroxylation is 1. The number of rotatable bonds is 4. The van der Waals surface area contributed by atoms with Crippen molar-refractivity contribution < 1.29 is 9.59 Å². The van der Waals surface area contributed by atoms with Gasteiger partial charge in [-0.05, 0) is 50.6 Å². The molecular formula is C15H22ClN3O2. The van der Waals surface area contributed by atoms with Crippen LogP contribution in [0.5, 0.6) is 0 Å². The van der Waals surface area contributed by atoms with Crippen molar-refractivity contribution in [3.8, 4) is 0 Å². The second-order valence-corrected chi connectivity index (χ2v) is 5.07. The maximum absolute atomic E-state index is 12.1. The highest BCUT2D eigenvalue weighted by molar-refractivity contribution is 5.97.